The number of hydrogen-bond donors (Lipinski definition) is 1. The molecule has 2 rings (SSSR count). The molecule has 0 radical (unpaired) electrons. The quantitative estimate of drug-likeness (QED) is 0.885. The molecule has 0 unspecified atom stereocenters. The fourth-order valence-electron chi connectivity index (χ4n) is 1.73. The molecular formula is C16H15Cl2NO2. The van der Waals surface area contributed by atoms with Gasteiger partial charge in [-0.1, -0.05) is 47.5 Å². The largest absolute Gasteiger partial charge is 0.478 e. The minimum atomic E-state index is -0.720. The number of benzene rings is 2. The van der Waals surface area contributed by atoms with Crippen LogP contribution >= 0.6 is 23.2 Å². The molecule has 2 aromatic carbocycles. The summed E-state index contributed by atoms with van der Waals surface area (Å²) in [5.74, 6) is 0.0592. The summed E-state index contributed by atoms with van der Waals surface area (Å²) in [6.45, 7) is 3.49. The third-order valence-corrected chi connectivity index (χ3v) is 3.71. The number of nitrogens with one attached hydrogen (secondary N) is 1. The van der Waals surface area contributed by atoms with Gasteiger partial charge >= 0.3 is 0 Å². The highest BCUT2D eigenvalue weighted by molar-refractivity contribution is 6.37. The number of amides is 1. The Bertz CT molecular complexity index is 644. The predicted octanol–water partition coefficient (Wildman–Crippen LogP) is 4.71. The van der Waals surface area contributed by atoms with Crippen molar-refractivity contribution in [3.63, 3.8) is 0 Å². The molecule has 0 aliphatic carbocycles. The Morgan fingerprint density at radius 2 is 1.81 bits per heavy atom. The topological polar surface area (TPSA) is 38.3 Å². The third kappa shape index (κ3) is 3.90. The Morgan fingerprint density at radius 1 is 1.14 bits per heavy atom. The first-order chi connectivity index (χ1) is 9.99. The molecule has 0 aliphatic heterocycles. The highest BCUT2D eigenvalue weighted by Crippen LogP contribution is 2.35. The van der Waals surface area contributed by atoms with Gasteiger partial charge in [0.25, 0.3) is 5.91 Å². The van der Waals surface area contributed by atoms with E-state index in [0.29, 0.717) is 21.5 Å². The van der Waals surface area contributed by atoms with Crippen LogP contribution in [0.2, 0.25) is 10.0 Å². The zero-order valence-corrected chi connectivity index (χ0v) is 13.2. The summed E-state index contributed by atoms with van der Waals surface area (Å²) < 4.78 is 5.61. The highest BCUT2D eigenvalue weighted by Gasteiger charge is 2.19. The van der Waals surface area contributed by atoms with Gasteiger partial charge in [-0.05, 0) is 37.6 Å². The lowest BCUT2D eigenvalue weighted by atomic mass is 10.2. The van der Waals surface area contributed by atoms with Crippen LogP contribution in [-0.4, -0.2) is 12.0 Å². The summed E-state index contributed by atoms with van der Waals surface area (Å²) in [6, 6.07) is 12.7. The molecule has 0 aromatic heterocycles. The van der Waals surface area contributed by atoms with Crippen molar-refractivity contribution in [3.05, 3.63) is 58.1 Å². The maximum atomic E-state index is 12.1. The van der Waals surface area contributed by atoms with Gasteiger partial charge in [0, 0.05) is 5.69 Å². The molecule has 0 bridgehead atoms. The molecule has 0 heterocycles. The van der Waals surface area contributed by atoms with E-state index in [2.05, 4.69) is 5.32 Å². The molecule has 3 nitrogen and oxygen atoms in total. The second-order valence-electron chi connectivity index (χ2n) is 4.62. The maximum absolute atomic E-state index is 12.1. The van der Waals surface area contributed by atoms with Crippen molar-refractivity contribution < 1.29 is 9.53 Å². The van der Waals surface area contributed by atoms with Crippen LogP contribution in [0.5, 0.6) is 5.75 Å². The van der Waals surface area contributed by atoms with Crippen LogP contribution in [0.25, 0.3) is 0 Å². The average Bonchev–Trinajstić information content (AvgIpc) is 2.48. The molecule has 0 spiro atoms. The first kappa shape index (κ1) is 15.7. The smallest absolute Gasteiger partial charge is 0.265 e. The molecule has 0 aliphatic rings. The van der Waals surface area contributed by atoms with Crippen LogP contribution in [0.4, 0.5) is 5.69 Å². The zero-order chi connectivity index (χ0) is 15.4. The lowest BCUT2D eigenvalue weighted by Crippen LogP contribution is -2.30. The lowest BCUT2D eigenvalue weighted by molar-refractivity contribution is -0.122. The average molecular weight is 324 g/mol. The van der Waals surface area contributed by atoms with Crippen molar-refractivity contribution in [2.24, 2.45) is 0 Å². The van der Waals surface area contributed by atoms with Gasteiger partial charge in [-0.2, -0.15) is 0 Å². The summed E-state index contributed by atoms with van der Waals surface area (Å²) in [5, 5.41) is 3.56. The normalized spacial score (nSPS) is 11.8. The molecule has 5 heteroatoms. The Hall–Kier alpha value is -1.71. The molecule has 21 heavy (non-hydrogen) atoms. The number of anilines is 1. The predicted molar refractivity (Wildman–Crippen MR) is 86.4 cm³/mol. The minimum absolute atomic E-state index is 0.269. The molecule has 1 atom stereocenters. The summed E-state index contributed by atoms with van der Waals surface area (Å²) in [5.41, 5.74) is 1.55. The number of aryl methyl sites for hydroxylation is 1. The Labute approximate surface area is 133 Å². The standard InChI is InChI=1S/C16H15Cl2NO2/c1-10-8-9-13(17)15(14(10)18)21-11(2)16(20)19-12-6-4-3-5-7-12/h3-9,11H,1-2H3,(H,19,20)/t11-/m1/s1. The van der Waals surface area contributed by atoms with Gasteiger partial charge in [0.05, 0.1) is 10.0 Å². The summed E-state index contributed by atoms with van der Waals surface area (Å²) >= 11 is 12.2. The first-order valence-corrected chi connectivity index (χ1v) is 7.22. The molecule has 1 N–H and O–H groups in total. The molecule has 0 fully saturated rings. The fourth-order valence-corrected chi connectivity index (χ4v) is 2.19. The molecule has 0 saturated heterocycles. The fraction of sp³-hybridized carbons (Fsp3) is 0.188. The van der Waals surface area contributed by atoms with Crippen LogP contribution < -0.4 is 10.1 Å². The van der Waals surface area contributed by atoms with Crippen LogP contribution in [0.15, 0.2) is 42.5 Å². The third-order valence-electron chi connectivity index (χ3n) is 2.95. The molecule has 1 amide bonds. The minimum Gasteiger partial charge on any atom is -0.478 e. The van der Waals surface area contributed by atoms with Gasteiger partial charge < -0.3 is 10.1 Å². The van der Waals surface area contributed by atoms with E-state index in [4.69, 9.17) is 27.9 Å². The number of rotatable bonds is 4. The van der Waals surface area contributed by atoms with E-state index in [1.165, 1.54) is 0 Å². The number of halogens is 2. The number of carbonyl (C=O) groups excluding carboxylic acids is 1. The Kier molecular flexibility index (Phi) is 5.10. The summed E-state index contributed by atoms with van der Waals surface area (Å²) in [7, 11) is 0. The van der Waals surface area contributed by atoms with Gasteiger partial charge in [0.2, 0.25) is 0 Å². The van der Waals surface area contributed by atoms with Crippen LogP contribution in [0.3, 0.4) is 0 Å². The van der Waals surface area contributed by atoms with Gasteiger partial charge in [0.1, 0.15) is 0 Å². The Morgan fingerprint density at radius 3 is 2.48 bits per heavy atom. The van der Waals surface area contributed by atoms with Crippen molar-refractivity contribution in [2.75, 3.05) is 5.32 Å². The number of ether oxygens (including phenoxy) is 1. The number of carbonyl (C=O) groups is 1. The molecule has 110 valence electrons. The van der Waals surface area contributed by atoms with Gasteiger partial charge in [-0.3, -0.25) is 4.79 Å². The molecule has 0 saturated carbocycles. The van der Waals surface area contributed by atoms with E-state index in [9.17, 15) is 4.79 Å². The van der Waals surface area contributed by atoms with Gasteiger partial charge in [-0.25, -0.2) is 0 Å². The second-order valence-corrected chi connectivity index (χ2v) is 5.41. The zero-order valence-electron chi connectivity index (χ0n) is 11.7. The Balaban J connectivity index is 2.10. The maximum Gasteiger partial charge on any atom is 0.265 e. The number of para-hydroxylation sites is 1. The van der Waals surface area contributed by atoms with Crippen LogP contribution in [0.1, 0.15) is 12.5 Å². The van der Waals surface area contributed by atoms with E-state index in [1.54, 1.807) is 31.2 Å². The van der Waals surface area contributed by atoms with Crippen molar-refractivity contribution >= 4 is 34.8 Å². The summed E-state index contributed by atoms with van der Waals surface area (Å²) in [4.78, 5) is 12.1. The lowest BCUT2D eigenvalue weighted by Gasteiger charge is -2.17. The molecular weight excluding hydrogens is 309 g/mol. The van der Waals surface area contributed by atoms with Crippen molar-refractivity contribution in [1.82, 2.24) is 0 Å². The monoisotopic (exact) mass is 323 g/mol. The van der Waals surface area contributed by atoms with E-state index in [0.717, 1.165) is 5.56 Å². The van der Waals surface area contributed by atoms with E-state index in [-0.39, 0.29) is 5.91 Å². The summed E-state index contributed by atoms with van der Waals surface area (Å²) in [6.07, 6.45) is -0.720. The van der Waals surface area contributed by atoms with Gasteiger partial charge in [-0.15, -0.1) is 0 Å². The van der Waals surface area contributed by atoms with Crippen LogP contribution in [0, 0.1) is 6.92 Å². The first-order valence-electron chi connectivity index (χ1n) is 6.46. The van der Waals surface area contributed by atoms with E-state index < -0.39 is 6.10 Å². The number of hydrogen-bond acceptors (Lipinski definition) is 2. The second kappa shape index (κ2) is 6.83. The van der Waals surface area contributed by atoms with Crippen molar-refractivity contribution in [1.29, 1.82) is 0 Å². The van der Waals surface area contributed by atoms with Gasteiger partial charge in [0.15, 0.2) is 11.9 Å². The van der Waals surface area contributed by atoms with E-state index >= 15 is 0 Å². The van der Waals surface area contributed by atoms with Crippen LogP contribution in [-0.2, 0) is 4.79 Å². The highest BCUT2D eigenvalue weighted by atomic mass is 35.5. The van der Waals surface area contributed by atoms with E-state index in [1.807, 2.05) is 25.1 Å². The SMILES string of the molecule is Cc1ccc(Cl)c(O[C@H](C)C(=O)Nc2ccccc2)c1Cl. The molecule has 2 aromatic rings. The van der Waals surface area contributed by atoms with Crippen molar-refractivity contribution in [3.8, 4) is 5.75 Å². The van der Waals surface area contributed by atoms with Crippen molar-refractivity contribution in [2.45, 2.75) is 20.0 Å².